The van der Waals surface area contributed by atoms with E-state index in [0.29, 0.717) is 18.7 Å². The SMILES string of the molecule is CC(C)NC(=O)N1CCCC(c2cccc(C(=O)NCc3ccc(OC(C)C)cc3)c2)C1. The first-order chi connectivity index (χ1) is 15.3. The van der Waals surface area contributed by atoms with Gasteiger partial charge in [-0.2, -0.15) is 0 Å². The molecule has 3 amide bonds. The Morgan fingerprint density at radius 1 is 1.09 bits per heavy atom. The molecule has 1 unspecified atom stereocenters. The zero-order valence-corrected chi connectivity index (χ0v) is 19.6. The van der Waals surface area contributed by atoms with Crippen LogP contribution in [0.1, 0.15) is 67.9 Å². The Morgan fingerprint density at radius 3 is 2.53 bits per heavy atom. The van der Waals surface area contributed by atoms with Crippen molar-refractivity contribution in [3.8, 4) is 5.75 Å². The summed E-state index contributed by atoms with van der Waals surface area (Å²) in [6.45, 7) is 9.83. The first-order valence-corrected chi connectivity index (χ1v) is 11.5. The molecule has 1 fully saturated rings. The number of hydrogen-bond donors (Lipinski definition) is 2. The Balaban J connectivity index is 1.59. The van der Waals surface area contributed by atoms with Gasteiger partial charge in [-0.05, 0) is 75.9 Å². The van der Waals surface area contributed by atoms with E-state index < -0.39 is 0 Å². The molecular formula is C26H35N3O3. The normalized spacial score (nSPS) is 16.2. The smallest absolute Gasteiger partial charge is 0.317 e. The zero-order valence-electron chi connectivity index (χ0n) is 19.6. The van der Waals surface area contributed by atoms with Gasteiger partial charge in [0.25, 0.3) is 5.91 Å². The number of amides is 3. The van der Waals surface area contributed by atoms with Gasteiger partial charge >= 0.3 is 6.03 Å². The van der Waals surface area contributed by atoms with Crippen LogP contribution in [0, 0.1) is 0 Å². The quantitative estimate of drug-likeness (QED) is 0.660. The lowest BCUT2D eigenvalue weighted by molar-refractivity contribution is 0.0950. The van der Waals surface area contributed by atoms with Crippen molar-refractivity contribution in [3.05, 3.63) is 65.2 Å². The van der Waals surface area contributed by atoms with Crippen LogP contribution in [0.4, 0.5) is 4.79 Å². The van der Waals surface area contributed by atoms with Gasteiger partial charge < -0.3 is 20.3 Å². The van der Waals surface area contributed by atoms with Crippen LogP contribution < -0.4 is 15.4 Å². The van der Waals surface area contributed by atoms with Crippen LogP contribution in [-0.4, -0.2) is 42.1 Å². The summed E-state index contributed by atoms with van der Waals surface area (Å²) < 4.78 is 5.66. The lowest BCUT2D eigenvalue weighted by Gasteiger charge is -2.33. The zero-order chi connectivity index (χ0) is 23.1. The molecule has 172 valence electrons. The molecular weight excluding hydrogens is 402 g/mol. The summed E-state index contributed by atoms with van der Waals surface area (Å²) in [6.07, 6.45) is 2.11. The van der Waals surface area contributed by atoms with Crippen LogP contribution in [0.2, 0.25) is 0 Å². The van der Waals surface area contributed by atoms with Crippen molar-refractivity contribution in [2.75, 3.05) is 13.1 Å². The van der Waals surface area contributed by atoms with Gasteiger partial charge in [0, 0.05) is 37.2 Å². The third-order valence-electron chi connectivity index (χ3n) is 5.49. The summed E-state index contributed by atoms with van der Waals surface area (Å²) >= 11 is 0. The minimum atomic E-state index is -0.0976. The maximum absolute atomic E-state index is 12.7. The lowest BCUT2D eigenvalue weighted by atomic mass is 9.89. The monoisotopic (exact) mass is 437 g/mol. The van der Waals surface area contributed by atoms with Gasteiger partial charge in [-0.1, -0.05) is 24.3 Å². The molecule has 0 saturated carbocycles. The molecule has 2 aromatic rings. The lowest BCUT2D eigenvalue weighted by Crippen LogP contribution is -2.47. The highest BCUT2D eigenvalue weighted by atomic mass is 16.5. The molecule has 1 saturated heterocycles. The molecule has 2 N–H and O–H groups in total. The summed E-state index contributed by atoms with van der Waals surface area (Å²) in [4.78, 5) is 27.0. The maximum Gasteiger partial charge on any atom is 0.317 e. The van der Waals surface area contributed by atoms with Gasteiger partial charge in [0.05, 0.1) is 6.10 Å². The minimum Gasteiger partial charge on any atom is -0.491 e. The number of nitrogens with zero attached hydrogens (tertiary/aromatic N) is 1. The Bertz CT molecular complexity index is 909. The Kier molecular flexibility index (Phi) is 8.14. The molecule has 0 aliphatic carbocycles. The molecule has 6 nitrogen and oxygen atoms in total. The highest BCUT2D eigenvalue weighted by Crippen LogP contribution is 2.27. The average molecular weight is 438 g/mol. The highest BCUT2D eigenvalue weighted by molar-refractivity contribution is 5.94. The summed E-state index contributed by atoms with van der Waals surface area (Å²) in [5.41, 5.74) is 2.77. The molecule has 0 bridgehead atoms. The van der Waals surface area contributed by atoms with Crippen molar-refractivity contribution in [2.45, 2.75) is 65.1 Å². The second-order valence-electron chi connectivity index (χ2n) is 9.01. The molecule has 32 heavy (non-hydrogen) atoms. The Hall–Kier alpha value is -3.02. The van der Waals surface area contributed by atoms with Gasteiger partial charge in [-0.25, -0.2) is 4.79 Å². The molecule has 6 heteroatoms. The third-order valence-corrected chi connectivity index (χ3v) is 5.49. The summed E-state index contributed by atoms with van der Waals surface area (Å²) in [5.74, 6) is 0.967. The molecule has 1 aliphatic heterocycles. The largest absolute Gasteiger partial charge is 0.491 e. The molecule has 0 spiro atoms. The summed E-state index contributed by atoms with van der Waals surface area (Å²) in [6, 6.07) is 15.7. The Morgan fingerprint density at radius 2 is 1.84 bits per heavy atom. The molecule has 3 rings (SSSR count). The highest BCUT2D eigenvalue weighted by Gasteiger charge is 2.25. The van der Waals surface area contributed by atoms with Crippen LogP contribution in [0.15, 0.2) is 48.5 Å². The number of benzene rings is 2. The Labute approximate surface area is 191 Å². The number of likely N-dealkylation sites (tertiary alicyclic amines) is 1. The van der Waals surface area contributed by atoms with E-state index in [2.05, 4.69) is 16.7 Å². The topological polar surface area (TPSA) is 70.7 Å². The van der Waals surface area contributed by atoms with Crippen molar-refractivity contribution >= 4 is 11.9 Å². The molecule has 0 radical (unpaired) electrons. The van der Waals surface area contributed by atoms with E-state index in [1.807, 2.05) is 75.1 Å². The van der Waals surface area contributed by atoms with Gasteiger partial charge in [-0.3, -0.25) is 4.79 Å². The van der Waals surface area contributed by atoms with Gasteiger partial charge in [0.2, 0.25) is 0 Å². The summed E-state index contributed by atoms with van der Waals surface area (Å²) in [7, 11) is 0. The van der Waals surface area contributed by atoms with Crippen LogP contribution in [0.5, 0.6) is 5.75 Å². The van der Waals surface area contributed by atoms with E-state index in [-0.39, 0.29) is 30.0 Å². The van der Waals surface area contributed by atoms with E-state index in [1.165, 1.54) is 0 Å². The number of urea groups is 1. The predicted molar refractivity (Wildman–Crippen MR) is 127 cm³/mol. The number of carbonyl (C=O) groups excluding carboxylic acids is 2. The second kappa shape index (κ2) is 11.0. The van der Waals surface area contributed by atoms with Crippen molar-refractivity contribution in [2.24, 2.45) is 0 Å². The van der Waals surface area contributed by atoms with Crippen LogP contribution in [-0.2, 0) is 6.54 Å². The van der Waals surface area contributed by atoms with Crippen molar-refractivity contribution in [3.63, 3.8) is 0 Å². The first-order valence-electron chi connectivity index (χ1n) is 11.5. The van der Waals surface area contributed by atoms with Gasteiger partial charge in [0.1, 0.15) is 5.75 Å². The van der Waals surface area contributed by atoms with E-state index in [1.54, 1.807) is 0 Å². The fraction of sp³-hybridized carbons (Fsp3) is 0.462. The predicted octanol–water partition coefficient (Wildman–Crippen LogP) is 4.70. The maximum atomic E-state index is 12.7. The molecule has 1 aliphatic rings. The molecule has 1 atom stereocenters. The minimum absolute atomic E-state index is 0.0107. The van der Waals surface area contributed by atoms with Gasteiger partial charge in [0.15, 0.2) is 0 Å². The number of piperidine rings is 1. The second-order valence-corrected chi connectivity index (χ2v) is 9.01. The number of nitrogens with one attached hydrogen (secondary N) is 2. The average Bonchev–Trinajstić information content (AvgIpc) is 2.78. The van der Waals surface area contributed by atoms with E-state index in [0.717, 1.165) is 36.3 Å². The van der Waals surface area contributed by atoms with Crippen molar-refractivity contribution in [1.29, 1.82) is 0 Å². The number of carbonyl (C=O) groups is 2. The van der Waals surface area contributed by atoms with E-state index in [9.17, 15) is 9.59 Å². The van der Waals surface area contributed by atoms with Crippen LogP contribution >= 0.6 is 0 Å². The summed E-state index contributed by atoms with van der Waals surface area (Å²) in [5, 5.41) is 5.97. The number of rotatable bonds is 7. The third kappa shape index (κ3) is 6.74. The number of hydrogen-bond acceptors (Lipinski definition) is 3. The van der Waals surface area contributed by atoms with Crippen LogP contribution in [0.3, 0.4) is 0 Å². The van der Waals surface area contributed by atoms with E-state index >= 15 is 0 Å². The van der Waals surface area contributed by atoms with Gasteiger partial charge in [-0.15, -0.1) is 0 Å². The molecule has 0 aromatic heterocycles. The standard InChI is InChI=1S/C26H35N3O3/c1-18(2)28-26(31)29-14-6-9-23(17-29)21-7-5-8-22(15-21)25(30)27-16-20-10-12-24(13-11-20)32-19(3)4/h5,7-8,10-13,15,18-19,23H,6,9,14,16-17H2,1-4H3,(H,27,30)(H,28,31). The molecule has 1 heterocycles. The van der Waals surface area contributed by atoms with Crippen molar-refractivity contribution < 1.29 is 14.3 Å². The number of ether oxygens (including phenoxy) is 1. The molecule has 2 aromatic carbocycles. The van der Waals surface area contributed by atoms with Crippen molar-refractivity contribution in [1.82, 2.24) is 15.5 Å². The fourth-order valence-electron chi connectivity index (χ4n) is 3.95. The van der Waals surface area contributed by atoms with E-state index in [4.69, 9.17) is 4.74 Å². The first kappa shape index (κ1) is 23.6. The van der Waals surface area contributed by atoms with Crippen LogP contribution in [0.25, 0.3) is 0 Å². The fourth-order valence-corrected chi connectivity index (χ4v) is 3.95.